The number of carbonyl (C=O) groups is 1. The fourth-order valence-corrected chi connectivity index (χ4v) is 1.37. The van der Waals surface area contributed by atoms with Gasteiger partial charge in [-0.3, -0.25) is 0 Å². The third-order valence-corrected chi connectivity index (χ3v) is 2.46. The van der Waals surface area contributed by atoms with E-state index in [4.69, 9.17) is 11.6 Å². The summed E-state index contributed by atoms with van der Waals surface area (Å²) >= 11 is 8.78. The molecule has 0 bridgehead atoms. The Morgan fingerprint density at radius 1 is 1.27 bits per heavy atom. The largest absolute Gasteiger partial charge is 0.337 e. The standard InChI is InChI=1S/C10H12BrClN2O/c11-9-3-1-8(2-4-9)7-14-10(15)13-6-5-12/h1-4H,5-7H2,(H2,13,14,15). The van der Waals surface area contributed by atoms with Crippen molar-refractivity contribution in [3.8, 4) is 0 Å². The summed E-state index contributed by atoms with van der Waals surface area (Å²) in [6, 6.07) is 7.58. The predicted octanol–water partition coefficient (Wildman–Crippen LogP) is 2.49. The molecule has 5 heteroatoms. The molecule has 0 aliphatic carbocycles. The van der Waals surface area contributed by atoms with Crippen molar-refractivity contribution >= 4 is 33.6 Å². The van der Waals surface area contributed by atoms with Crippen molar-refractivity contribution in [3.63, 3.8) is 0 Å². The van der Waals surface area contributed by atoms with Crippen LogP contribution in [0.5, 0.6) is 0 Å². The smallest absolute Gasteiger partial charge is 0.315 e. The molecule has 0 aliphatic rings. The highest BCUT2D eigenvalue weighted by molar-refractivity contribution is 9.10. The van der Waals surface area contributed by atoms with Gasteiger partial charge in [0.2, 0.25) is 0 Å². The molecule has 82 valence electrons. The molecule has 0 aromatic heterocycles. The first-order chi connectivity index (χ1) is 7.22. The van der Waals surface area contributed by atoms with Gasteiger partial charge in [-0.05, 0) is 17.7 Å². The molecule has 0 heterocycles. The summed E-state index contributed by atoms with van der Waals surface area (Å²) in [5.41, 5.74) is 1.05. The van der Waals surface area contributed by atoms with Gasteiger partial charge >= 0.3 is 6.03 Å². The molecular weight excluding hydrogens is 279 g/mol. The molecule has 3 nitrogen and oxygen atoms in total. The minimum absolute atomic E-state index is 0.196. The van der Waals surface area contributed by atoms with Crippen LogP contribution in [0.4, 0.5) is 4.79 Å². The van der Waals surface area contributed by atoms with Crippen LogP contribution in [0.25, 0.3) is 0 Å². The number of hydrogen-bond donors (Lipinski definition) is 2. The number of urea groups is 1. The first kappa shape index (κ1) is 12.3. The van der Waals surface area contributed by atoms with Crippen LogP contribution in [0.3, 0.4) is 0 Å². The van der Waals surface area contributed by atoms with Crippen LogP contribution >= 0.6 is 27.5 Å². The molecule has 1 aromatic rings. The van der Waals surface area contributed by atoms with Crippen molar-refractivity contribution in [1.82, 2.24) is 10.6 Å². The van der Waals surface area contributed by atoms with Gasteiger partial charge in [0.15, 0.2) is 0 Å². The monoisotopic (exact) mass is 290 g/mol. The number of benzene rings is 1. The average Bonchev–Trinajstić information content (AvgIpc) is 2.25. The molecule has 0 aliphatic heterocycles. The number of carbonyl (C=O) groups excluding carboxylic acids is 1. The first-order valence-electron chi connectivity index (χ1n) is 4.54. The quantitative estimate of drug-likeness (QED) is 0.822. The van der Waals surface area contributed by atoms with E-state index in [1.54, 1.807) is 0 Å². The van der Waals surface area contributed by atoms with E-state index in [1.165, 1.54) is 0 Å². The van der Waals surface area contributed by atoms with Crippen molar-refractivity contribution in [3.05, 3.63) is 34.3 Å². The van der Waals surface area contributed by atoms with E-state index in [0.717, 1.165) is 10.0 Å². The van der Waals surface area contributed by atoms with Crippen LogP contribution in [0.2, 0.25) is 0 Å². The molecular formula is C10H12BrClN2O. The van der Waals surface area contributed by atoms with Gasteiger partial charge in [0.1, 0.15) is 0 Å². The summed E-state index contributed by atoms with van der Waals surface area (Å²) in [6.07, 6.45) is 0. The number of hydrogen-bond acceptors (Lipinski definition) is 1. The molecule has 0 spiro atoms. The summed E-state index contributed by atoms with van der Waals surface area (Å²) in [5.74, 6) is 0.422. The molecule has 0 radical (unpaired) electrons. The average molecular weight is 292 g/mol. The zero-order chi connectivity index (χ0) is 11.1. The highest BCUT2D eigenvalue weighted by Crippen LogP contribution is 2.09. The second kappa shape index (κ2) is 6.69. The van der Waals surface area contributed by atoms with E-state index in [0.29, 0.717) is 19.0 Å². The normalized spacial score (nSPS) is 9.73. The Morgan fingerprint density at radius 2 is 1.93 bits per heavy atom. The number of amides is 2. The lowest BCUT2D eigenvalue weighted by Crippen LogP contribution is -2.36. The zero-order valence-corrected chi connectivity index (χ0v) is 10.4. The third-order valence-electron chi connectivity index (χ3n) is 1.75. The topological polar surface area (TPSA) is 41.1 Å². The Hall–Kier alpha value is -0.740. The van der Waals surface area contributed by atoms with Gasteiger partial charge in [0.05, 0.1) is 0 Å². The number of nitrogens with one attached hydrogen (secondary N) is 2. The molecule has 2 amide bonds. The number of rotatable bonds is 4. The summed E-state index contributed by atoms with van der Waals surface area (Å²) in [7, 11) is 0. The zero-order valence-electron chi connectivity index (χ0n) is 8.09. The van der Waals surface area contributed by atoms with Gasteiger partial charge in [-0.2, -0.15) is 0 Å². The summed E-state index contributed by atoms with van der Waals surface area (Å²) in [6.45, 7) is 0.995. The van der Waals surface area contributed by atoms with E-state index in [2.05, 4.69) is 26.6 Å². The molecule has 0 saturated heterocycles. The highest BCUT2D eigenvalue weighted by atomic mass is 79.9. The van der Waals surface area contributed by atoms with Crippen LogP contribution in [0, 0.1) is 0 Å². The summed E-state index contributed by atoms with van der Waals surface area (Å²) in [5, 5.41) is 5.35. The molecule has 0 saturated carbocycles. The molecule has 1 rings (SSSR count). The van der Waals surface area contributed by atoms with Crippen LogP contribution in [-0.2, 0) is 6.54 Å². The Morgan fingerprint density at radius 3 is 2.53 bits per heavy atom. The maximum atomic E-state index is 11.2. The lowest BCUT2D eigenvalue weighted by atomic mass is 10.2. The molecule has 15 heavy (non-hydrogen) atoms. The van der Waals surface area contributed by atoms with Crippen molar-refractivity contribution in [2.24, 2.45) is 0 Å². The van der Waals surface area contributed by atoms with Gasteiger partial charge in [0.25, 0.3) is 0 Å². The van der Waals surface area contributed by atoms with Gasteiger partial charge in [-0.25, -0.2) is 4.79 Å². The Labute approximate surface area is 102 Å². The summed E-state index contributed by atoms with van der Waals surface area (Å²) in [4.78, 5) is 11.2. The van der Waals surface area contributed by atoms with Gasteiger partial charge in [0, 0.05) is 23.4 Å². The molecule has 0 fully saturated rings. The van der Waals surface area contributed by atoms with Crippen LogP contribution in [0.15, 0.2) is 28.7 Å². The second-order valence-electron chi connectivity index (χ2n) is 2.92. The fourth-order valence-electron chi connectivity index (χ4n) is 1.01. The predicted molar refractivity (Wildman–Crippen MR) is 65.1 cm³/mol. The number of alkyl halides is 1. The summed E-state index contributed by atoms with van der Waals surface area (Å²) < 4.78 is 1.03. The molecule has 2 N–H and O–H groups in total. The lowest BCUT2D eigenvalue weighted by molar-refractivity contribution is 0.241. The fraction of sp³-hybridized carbons (Fsp3) is 0.300. The van der Waals surface area contributed by atoms with Crippen LogP contribution in [0.1, 0.15) is 5.56 Å². The minimum atomic E-state index is -0.196. The molecule has 0 atom stereocenters. The van der Waals surface area contributed by atoms with Gasteiger partial charge in [-0.1, -0.05) is 28.1 Å². The van der Waals surface area contributed by atoms with Crippen LogP contribution < -0.4 is 10.6 Å². The Bertz CT molecular complexity index is 316. The highest BCUT2D eigenvalue weighted by Gasteiger charge is 1.98. The van der Waals surface area contributed by atoms with Crippen molar-refractivity contribution in [2.45, 2.75) is 6.54 Å². The SMILES string of the molecule is O=C(NCCCl)NCc1ccc(Br)cc1. The van der Waals surface area contributed by atoms with E-state index >= 15 is 0 Å². The molecule has 0 unspecified atom stereocenters. The Kier molecular flexibility index (Phi) is 5.50. The molecule has 1 aromatic carbocycles. The van der Waals surface area contributed by atoms with Crippen molar-refractivity contribution < 1.29 is 4.79 Å². The first-order valence-corrected chi connectivity index (χ1v) is 5.87. The van der Waals surface area contributed by atoms with E-state index < -0.39 is 0 Å². The maximum absolute atomic E-state index is 11.2. The van der Waals surface area contributed by atoms with E-state index in [9.17, 15) is 4.79 Å². The Balaban J connectivity index is 2.30. The minimum Gasteiger partial charge on any atom is -0.337 e. The van der Waals surface area contributed by atoms with Crippen LogP contribution in [-0.4, -0.2) is 18.5 Å². The van der Waals surface area contributed by atoms with Gasteiger partial charge < -0.3 is 10.6 Å². The number of halogens is 2. The van der Waals surface area contributed by atoms with E-state index in [1.807, 2.05) is 24.3 Å². The lowest BCUT2D eigenvalue weighted by Gasteiger charge is -2.06. The third kappa shape index (κ3) is 5.04. The van der Waals surface area contributed by atoms with Crippen molar-refractivity contribution in [1.29, 1.82) is 0 Å². The van der Waals surface area contributed by atoms with E-state index in [-0.39, 0.29) is 6.03 Å². The van der Waals surface area contributed by atoms with Crippen molar-refractivity contribution in [2.75, 3.05) is 12.4 Å². The van der Waals surface area contributed by atoms with Gasteiger partial charge in [-0.15, -0.1) is 11.6 Å². The second-order valence-corrected chi connectivity index (χ2v) is 4.22. The maximum Gasteiger partial charge on any atom is 0.315 e.